The van der Waals surface area contributed by atoms with Crippen molar-refractivity contribution < 1.29 is 23.9 Å². The lowest BCUT2D eigenvalue weighted by Gasteiger charge is -2.14. The van der Waals surface area contributed by atoms with Gasteiger partial charge >= 0.3 is 5.97 Å². The Balaban J connectivity index is 1.80. The van der Waals surface area contributed by atoms with Gasteiger partial charge < -0.3 is 9.47 Å². The zero-order chi connectivity index (χ0) is 16.4. The second kappa shape index (κ2) is 5.92. The lowest BCUT2D eigenvalue weighted by atomic mass is 10.1. The lowest BCUT2D eigenvalue weighted by Crippen LogP contribution is -2.29. The van der Waals surface area contributed by atoms with Gasteiger partial charge in [-0.25, -0.2) is 9.69 Å². The molecule has 2 aromatic carbocycles. The van der Waals surface area contributed by atoms with Crippen LogP contribution in [-0.4, -0.2) is 31.5 Å². The maximum absolute atomic E-state index is 12.4. The summed E-state index contributed by atoms with van der Waals surface area (Å²) >= 11 is 0. The second-order valence-electron chi connectivity index (χ2n) is 4.85. The number of nitrogens with zero attached hydrogens (tertiary/aromatic N) is 1. The fourth-order valence-electron chi connectivity index (χ4n) is 2.32. The number of benzene rings is 2. The largest absolute Gasteiger partial charge is 0.482 e. The highest BCUT2D eigenvalue weighted by atomic mass is 16.6. The van der Waals surface area contributed by atoms with Gasteiger partial charge in [0.25, 0.3) is 11.8 Å². The molecule has 116 valence electrons. The van der Waals surface area contributed by atoms with E-state index in [0.717, 1.165) is 4.90 Å². The molecule has 0 saturated carbocycles. The van der Waals surface area contributed by atoms with Crippen LogP contribution in [0.15, 0.2) is 48.5 Å². The molecule has 1 heterocycles. The summed E-state index contributed by atoms with van der Waals surface area (Å²) in [7, 11) is 1.27. The number of anilines is 1. The Bertz CT molecular complexity index is 747. The van der Waals surface area contributed by atoms with E-state index in [1.807, 2.05) is 0 Å². The maximum atomic E-state index is 12.4. The first-order valence-electron chi connectivity index (χ1n) is 6.89. The average molecular weight is 311 g/mol. The van der Waals surface area contributed by atoms with Crippen LogP contribution in [0.2, 0.25) is 0 Å². The number of ether oxygens (including phenoxy) is 2. The predicted octanol–water partition coefficient (Wildman–Crippen LogP) is 2.04. The number of carbonyl (C=O) groups excluding carboxylic acids is 3. The van der Waals surface area contributed by atoms with Gasteiger partial charge in [-0.05, 0) is 36.4 Å². The van der Waals surface area contributed by atoms with Gasteiger partial charge in [0.2, 0.25) is 0 Å². The van der Waals surface area contributed by atoms with E-state index >= 15 is 0 Å². The third-order valence-corrected chi connectivity index (χ3v) is 3.47. The number of methoxy groups -OCH3 is 1. The fourth-order valence-corrected chi connectivity index (χ4v) is 2.32. The van der Waals surface area contributed by atoms with E-state index in [-0.39, 0.29) is 18.4 Å². The highest BCUT2D eigenvalue weighted by Gasteiger charge is 2.36. The minimum atomic E-state index is -0.491. The van der Waals surface area contributed by atoms with Crippen LogP contribution in [0.5, 0.6) is 5.75 Å². The van der Waals surface area contributed by atoms with Crippen molar-refractivity contribution in [3.8, 4) is 5.75 Å². The highest BCUT2D eigenvalue weighted by Crippen LogP contribution is 2.29. The Hall–Kier alpha value is -3.15. The Morgan fingerprint density at radius 1 is 0.957 bits per heavy atom. The zero-order valence-corrected chi connectivity index (χ0v) is 12.3. The molecule has 0 bridgehead atoms. The first-order valence-corrected chi connectivity index (χ1v) is 6.89. The Kier molecular flexibility index (Phi) is 3.80. The molecule has 0 N–H and O–H groups in total. The normalized spacial score (nSPS) is 13.0. The Morgan fingerprint density at radius 3 is 2.04 bits per heavy atom. The van der Waals surface area contributed by atoms with Gasteiger partial charge in [0.15, 0.2) is 6.61 Å². The molecule has 0 radical (unpaired) electrons. The Morgan fingerprint density at radius 2 is 1.52 bits per heavy atom. The summed E-state index contributed by atoms with van der Waals surface area (Å²) in [6, 6.07) is 13.0. The maximum Gasteiger partial charge on any atom is 0.343 e. The first kappa shape index (κ1) is 14.8. The smallest absolute Gasteiger partial charge is 0.343 e. The van der Waals surface area contributed by atoms with Crippen LogP contribution < -0.4 is 9.64 Å². The van der Waals surface area contributed by atoms with Crippen LogP contribution in [0.25, 0.3) is 0 Å². The summed E-state index contributed by atoms with van der Waals surface area (Å²) in [5.74, 6) is -0.757. The van der Waals surface area contributed by atoms with E-state index in [0.29, 0.717) is 22.6 Å². The van der Waals surface area contributed by atoms with Crippen molar-refractivity contribution in [2.24, 2.45) is 0 Å². The van der Waals surface area contributed by atoms with Gasteiger partial charge in [-0.15, -0.1) is 0 Å². The van der Waals surface area contributed by atoms with Gasteiger partial charge in [-0.3, -0.25) is 9.59 Å². The number of amides is 2. The first-order chi connectivity index (χ1) is 11.1. The van der Waals surface area contributed by atoms with Crippen molar-refractivity contribution in [1.82, 2.24) is 0 Å². The van der Waals surface area contributed by atoms with Crippen molar-refractivity contribution in [3.63, 3.8) is 0 Å². The molecule has 1 aliphatic heterocycles. The number of hydrogen-bond acceptors (Lipinski definition) is 5. The molecule has 6 heteroatoms. The van der Waals surface area contributed by atoms with Gasteiger partial charge in [-0.1, -0.05) is 12.1 Å². The molecule has 0 unspecified atom stereocenters. The summed E-state index contributed by atoms with van der Waals surface area (Å²) in [5.41, 5.74) is 1.23. The number of fused-ring (bicyclic) bond motifs is 1. The molecule has 2 aromatic rings. The number of hydrogen-bond donors (Lipinski definition) is 0. The molecule has 0 spiro atoms. The molecule has 0 atom stereocenters. The van der Waals surface area contributed by atoms with E-state index in [9.17, 15) is 14.4 Å². The molecule has 0 fully saturated rings. The standard InChI is InChI=1S/C17H13NO5/c1-22-15(19)10-23-12-8-6-11(7-9-12)18-16(20)13-4-2-3-5-14(13)17(18)21/h2-9H,10H2,1H3. The van der Waals surface area contributed by atoms with Gasteiger partial charge in [0.1, 0.15) is 5.75 Å². The van der Waals surface area contributed by atoms with Gasteiger partial charge in [-0.2, -0.15) is 0 Å². The SMILES string of the molecule is COC(=O)COc1ccc(N2C(=O)c3ccccc3C2=O)cc1. The van der Waals surface area contributed by atoms with E-state index < -0.39 is 5.97 Å². The molecular formula is C17H13NO5. The van der Waals surface area contributed by atoms with Crippen LogP contribution in [0.3, 0.4) is 0 Å². The summed E-state index contributed by atoms with van der Waals surface area (Å²) in [6.45, 7) is -0.205. The van der Waals surface area contributed by atoms with Crippen LogP contribution in [-0.2, 0) is 9.53 Å². The molecular weight excluding hydrogens is 298 g/mol. The monoisotopic (exact) mass is 311 g/mol. The van der Waals surface area contributed by atoms with Crippen molar-refractivity contribution in [3.05, 3.63) is 59.7 Å². The van der Waals surface area contributed by atoms with E-state index in [4.69, 9.17) is 4.74 Å². The zero-order valence-electron chi connectivity index (χ0n) is 12.3. The molecule has 1 aliphatic rings. The molecule has 23 heavy (non-hydrogen) atoms. The third kappa shape index (κ3) is 2.66. The summed E-state index contributed by atoms with van der Waals surface area (Å²) in [5, 5.41) is 0. The molecule has 0 aromatic heterocycles. The molecule has 3 rings (SSSR count). The predicted molar refractivity (Wildman–Crippen MR) is 81.5 cm³/mol. The van der Waals surface area contributed by atoms with E-state index in [1.165, 1.54) is 7.11 Å². The number of rotatable bonds is 4. The molecule has 2 amide bonds. The molecule has 0 saturated heterocycles. The van der Waals surface area contributed by atoms with Crippen molar-refractivity contribution in [2.45, 2.75) is 0 Å². The molecule has 0 aliphatic carbocycles. The summed E-state index contributed by atoms with van der Waals surface area (Å²) in [6.07, 6.45) is 0. The minimum absolute atomic E-state index is 0.205. The lowest BCUT2D eigenvalue weighted by molar-refractivity contribution is -0.142. The average Bonchev–Trinajstić information content (AvgIpc) is 2.85. The van der Waals surface area contributed by atoms with Crippen molar-refractivity contribution >= 4 is 23.5 Å². The van der Waals surface area contributed by atoms with Crippen molar-refractivity contribution in [2.75, 3.05) is 18.6 Å². The minimum Gasteiger partial charge on any atom is -0.482 e. The fraction of sp³-hybridized carbons (Fsp3) is 0.118. The van der Waals surface area contributed by atoms with Crippen LogP contribution in [0.4, 0.5) is 5.69 Å². The second-order valence-corrected chi connectivity index (χ2v) is 4.85. The topological polar surface area (TPSA) is 72.9 Å². The van der Waals surface area contributed by atoms with E-state index in [2.05, 4.69) is 4.74 Å². The van der Waals surface area contributed by atoms with Gasteiger partial charge in [0, 0.05) is 0 Å². The summed E-state index contributed by atoms with van der Waals surface area (Å²) in [4.78, 5) is 36.9. The third-order valence-electron chi connectivity index (χ3n) is 3.47. The van der Waals surface area contributed by atoms with Crippen LogP contribution >= 0.6 is 0 Å². The van der Waals surface area contributed by atoms with Crippen LogP contribution in [0.1, 0.15) is 20.7 Å². The number of carbonyl (C=O) groups is 3. The van der Waals surface area contributed by atoms with Crippen molar-refractivity contribution in [1.29, 1.82) is 0 Å². The van der Waals surface area contributed by atoms with Gasteiger partial charge in [0.05, 0.1) is 23.9 Å². The quantitative estimate of drug-likeness (QED) is 0.638. The van der Waals surface area contributed by atoms with E-state index in [1.54, 1.807) is 48.5 Å². The highest BCUT2D eigenvalue weighted by molar-refractivity contribution is 6.34. The summed E-state index contributed by atoms with van der Waals surface area (Å²) < 4.78 is 9.71. The number of imide groups is 1. The Labute approximate surface area is 132 Å². The van der Waals surface area contributed by atoms with Crippen LogP contribution in [0, 0.1) is 0 Å². The molecule has 6 nitrogen and oxygen atoms in total. The number of esters is 1.